The molecule has 0 amide bonds. The molecule has 0 saturated heterocycles. The first-order valence-corrected chi connectivity index (χ1v) is 15.7. The molecular formula is C34H51N2O3S. The van der Waals surface area contributed by atoms with Gasteiger partial charge >= 0.3 is 0 Å². The Labute approximate surface area is 245 Å². The molecule has 0 aliphatic heterocycles. The van der Waals surface area contributed by atoms with Crippen LogP contribution in [0.15, 0.2) is 101 Å². The Morgan fingerprint density at radius 1 is 1.00 bits per heavy atom. The highest BCUT2D eigenvalue weighted by Crippen LogP contribution is 2.28. The number of rotatable bonds is 10. The molecular weight excluding hydrogens is 516 g/mol. The third-order valence-corrected chi connectivity index (χ3v) is 8.89. The van der Waals surface area contributed by atoms with Crippen LogP contribution in [0.3, 0.4) is 0 Å². The molecule has 0 bridgehead atoms. The fraction of sp³-hybridized carbons (Fsp3) is 0.441. The molecule has 0 spiro atoms. The van der Waals surface area contributed by atoms with E-state index in [0.717, 1.165) is 43.6 Å². The molecule has 1 radical (unpaired) electrons. The van der Waals surface area contributed by atoms with E-state index < -0.39 is 9.84 Å². The summed E-state index contributed by atoms with van der Waals surface area (Å²) in [7, 11) is 2.03. The number of hydrogen-bond acceptors (Lipinski definition) is 5. The summed E-state index contributed by atoms with van der Waals surface area (Å²) in [5, 5.41) is 0. The molecule has 2 aliphatic rings. The molecule has 2 aliphatic carbocycles. The summed E-state index contributed by atoms with van der Waals surface area (Å²) in [6.45, 7) is 19.3. The number of nitrogens with zero attached hydrogens (tertiary/aromatic N) is 2. The van der Waals surface area contributed by atoms with Crippen LogP contribution in [-0.2, 0) is 14.6 Å². The number of hydrogen-bond donors (Lipinski definition) is 0. The first-order valence-electron chi connectivity index (χ1n) is 14.1. The molecule has 6 heteroatoms. The molecule has 40 heavy (non-hydrogen) atoms. The van der Waals surface area contributed by atoms with Gasteiger partial charge in [-0.3, -0.25) is 0 Å². The van der Waals surface area contributed by atoms with Gasteiger partial charge in [0.2, 0.25) is 0 Å². The molecule has 0 N–H and O–H groups in total. The molecule has 0 fully saturated rings. The largest absolute Gasteiger partial charge is 0.388 e. The lowest BCUT2D eigenvalue weighted by molar-refractivity contribution is 0.277. The summed E-state index contributed by atoms with van der Waals surface area (Å²) in [6, 6.07) is 9.62. The molecule has 1 aromatic rings. The van der Waals surface area contributed by atoms with Crippen LogP contribution in [0.5, 0.6) is 0 Å². The molecule has 5 nitrogen and oxygen atoms in total. The zero-order chi connectivity index (χ0) is 30.1. The van der Waals surface area contributed by atoms with Crippen molar-refractivity contribution in [2.45, 2.75) is 52.9 Å². The van der Waals surface area contributed by atoms with E-state index in [2.05, 4.69) is 61.9 Å². The summed E-state index contributed by atoms with van der Waals surface area (Å²) in [6.07, 6.45) is 14.6. The smallest absolute Gasteiger partial charge is 0.179 e. The average molecular weight is 568 g/mol. The SMILES string of the molecule is C=CC(CS(=O)(=O)C1=C(C)C=CCC=C1)c1ccccc1.COC.[CH2]CN(C)C1=C(C)C=C(N(CC)CC)CC1. The lowest BCUT2D eigenvalue weighted by atomic mass is 10.00. The first-order chi connectivity index (χ1) is 19.1. The van der Waals surface area contributed by atoms with E-state index in [-0.39, 0.29) is 11.7 Å². The van der Waals surface area contributed by atoms with E-state index in [4.69, 9.17) is 0 Å². The maximum atomic E-state index is 12.7. The second-order valence-electron chi connectivity index (χ2n) is 9.89. The summed E-state index contributed by atoms with van der Waals surface area (Å²) < 4.78 is 29.7. The van der Waals surface area contributed by atoms with E-state index >= 15 is 0 Å². The maximum Gasteiger partial charge on any atom is 0.179 e. The summed E-state index contributed by atoms with van der Waals surface area (Å²) in [5.41, 5.74) is 6.11. The van der Waals surface area contributed by atoms with E-state index in [0.29, 0.717) is 4.91 Å². The molecule has 1 atom stereocenters. The van der Waals surface area contributed by atoms with E-state index in [9.17, 15) is 8.42 Å². The van der Waals surface area contributed by atoms with Gasteiger partial charge < -0.3 is 14.5 Å². The standard InChI is InChI=1S/C18H20O2S.C14H25N2.C2H6O/c1-3-16(17-11-7-5-8-12-17)14-21(19,20)18-13-9-4-6-10-15(18)2;1-6-15(5)14-10-9-13(11-12(14)4)16(7-2)8-3;1-3-2/h3,5-13,16H,1,4,14H2,2H3;11H,1,6-10H2,2-5H3;1-2H3. The Morgan fingerprint density at radius 3 is 2.12 bits per heavy atom. The van der Waals surface area contributed by atoms with Crippen LogP contribution < -0.4 is 0 Å². The van der Waals surface area contributed by atoms with Gasteiger partial charge in [-0.2, -0.15) is 0 Å². The highest BCUT2D eigenvalue weighted by Gasteiger charge is 2.23. The van der Waals surface area contributed by atoms with Crippen molar-refractivity contribution in [2.24, 2.45) is 0 Å². The Bertz CT molecular complexity index is 1170. The Hall–Kier alpha value is -2.83. The van der Waals surface area contributed by atoms with Crippen LogP contribution in [-0.4, -0.2) is 64.9 Å². The highest BCUT2D eigenvalue weighted by molar-refractivity contribution is 7.95. The van der Waals surface area contributed by atoms with Crippen LogP contribution in [0, 0.1) is 6.92 Å². The van der Waals surface area contributed by atoms with Crippen LogP contribution in [0.2, 0.25) is 0 Å². The Balaban J connectivity index is 0.000000376. The fourth-order valence-electron chi connectivity index (χ4n) is 4.74. The number of methoxy groups -OCH3 is 1. The second-order valence-corrected chi connectivity index (χ2v) is 11.9. The fourth-order valence-corrected chi connectivity index (χ4v) is 6.59. The van der Waals surface area contributed by atoms with Gasteiger partial charge in [-0.15, -0.1) is 6.58 Å². The van der Waals surface area contributed by atoms with Gasteiger partial charge in [0, 0.05) is 58.2 Å². The molecule has 0 heterocycles. The third kappa shape index (κ3) is 11.0. The van der Waals surface area contributed by atoms with Crippen LogP contribution in [0.1, 0.15) is 58.4 Å². The van der Waals surface area contributed by atoms with Crippen LogP contribution >= 0.6 is 0 Å². The molecule has 0 aromatic heterocycles. The number of allylic oxidation sites excluding steroid dienone is 10. The molecule has 0 saturated carbocycles. The summed E-state index contributed by atoms with van der Waals surface area (Å²) >= 11 is 0. The van der Waals surface area contributed by atoms with Crippen LogP contribution in [0.25, 0.3) is 0 Å². The number of ether oxygens (including phenoxy) is 1. The molecule has 1 aromatic carbocycles. The Kier molecular flexibility index (Phi) is 16.3. The van der Waals surface area contributed by atoms with Crippen molar-refractivity contribution in [1.82, 2.24) is 9.80 Å². The normalized spacial score (nSPS) is 15.7. The third-order valence-electron chi connectivity index (χ3n) is 6.97. The number of benzene rings is 1. The van der Waals surface area contributed by atoms with Gasteiger partial charge in [0.15, 0.2) is 9.84 Å². The van der Waals surface area contributed by atoms with Crippen molar-refractivity contribution in [3.8, 4) is 0 Å². The maximum absolute atomic E-state index is 12.7. The van der Waals surface area contributed by atoms with Crippen molar-refractivity contribution in [1.29, 1.82) is 0 Å². The van der Waals surface area contributed by atoms with E-state index in [1.165, 1.54) is 23.4 Å². The van der Waals surface area contributed by atoms with Gasteiger partial charge in [0.1, 0.15) is 0 Å². The molecule has 1 unspecified atom stereocenters. The quantitative estimate of drug-likeness (QED) is 0.275. The lowest BCUT2D eigenvalue weighted by Crippen LogP contribution is -2.26. The molecule has 221 valence electrons. The predicted octanol–water partition coefficient (Wildman–Crippen LogP) is 7.47. The van der Waals surface area contributed by atoms with Gasteiger partial charge in [-0.05, 0) is 82.7 Å². The Morgan fingerprint density at radius 2 is 1.60 bits per heavy atom. The van der Waals surface area contributed by atoms with Crippen molar-refractivity contribution in [3.05, 3.63) is 113 Å². The zero-order valence-corrected chi connectivity index (χ0v) is 26.6. The second kappa shape index (κ2) is 18.5. The van der Waals surface area contributed by atoms with E-state index in [1.807, 2.05) is 55.5 Å². The van der Waals surface area contributed by atoms with Gasteiger partial charge in [0.25, 0.3) is 0 Å². The van der Waals surface area contributed by atoms with Crippen molar-refractivity contribution in [3.63, 3.8) is 0 Å². The van der Waals surface area contributed by atoms with Crippen LogP contribution in [0.4, 0.5) is 0 Å². The lowest BCUT2D eigenvalue weighted by Gasteiger charge is -2.31. The van der Waals surface area contributed by atoms with Gasteiger partial charge in [-0.25, -0.2) is 8.42 Å². The zero-order valence-electron chi connectivity index (χ0n) is 25.8. The van der Waals surface area contributed by atoms with Crippen molar-refractivity contribution >= 4 is 9.84 Å². The number of sulfone groups is 1. The van der Waals surface area contributed by atoms with Gasteiger partial charge in [0.05, 0.1) is 10.7 Å². The minimum Gasteiger partial charge on any atom is -0.388 e. The highest BCUT2D eigenvalue weighted by atomic mass is 32.2. The molecule has 3 rings (SSSR count). The summed E-state index contributed by atoms with van der Waals surface area (Å²) in [5.74, 6) is -0.150. The van der Waals surface area contributed by atoms with Crippen molar-refractivity contribution in [2.75, 3.05) is 46.7 Å². The first kappa shape index (κ1) is 35.2. The topological polar surface area (TPSA) is 49.9 Å². The van der Waals surface area contributed by atoms with E-state index in [1.54, 1.807) is 26.4 Å². The minimum atomic E-state index is -3.35. The van der Waals surface area contributed by atoms with Crippen molar-refractivity contribution < 1.29 is 13.2 Å². The minimum absolute atomic E-state index is 0.0470. The predicted molar refractivity (Wildman–Crippen MR) is 173 cm³/mol. The average Bonchev–Trinajstić information content (AvgIpc) is 3.18. The van der Waals surface area contributed by atoms with Gasteiger partial charge in [-0.1, -0.05) is 54.6 Å². The summed E-state index contributed by atoms with van der Waals surface area (Å²) in [4.78, 5) is 5.12. The monoisotopic (exact) mass is 567 g/mol.